The van der Waals surface area contributed by atoms with Gasteiger partial charge in [-0.05, 0) is 32.2 Å². The summed E-state index contributed by atoms with van der Waals surface area (Å²) in [4.78, 5) is 0. The molecule has 0 amide bonds. The first-order valence-corrected chi connectivity index (χ1v) is 3.44. The van der Waals surface area contributed by atoms with E-state index in [1.807, 2.05) is 32.2 Å². The third kappa shape index (κ3) is 1.53. The summed E-state index contributed by atoms with van der Waals surface area (Å²) in [6, 6.07) is 1.07. The highest BCUT2D eigenvalue weighted by Gasteiger charge is 2.09. The number of dihydropyridines is 1. The lowest BCUT2D eigenvalue weighted by Crippen LogP contribution is -2.18. The van der Waals surface area contributed by atoms with Crippen molar-refractivity contribution >= 4 is 0 Å². The predicted molar refractivity (Wildman–Crippen MR) is 40.9 cm³/mol. The molecule has 1 aliphatic rings. The predicted octanol–water partition coefficient (Wildman–Crippen LogP) is 1.58. The van der Waals surface area contributed by atoms with E-state index in [0.29, 0.717) is 0 Å². The molecular weight excluding hydrogens is 126 g/mol. The molecule has 0 aliphatic carbocycles. The molecule has 0 fully saturated rings. The molecule has 2 heteroatoms. The molecule has 1 radical (unpaired) electrons. The Morgan fingerprint density at radius 3 is 3.00 bits per heavy atom. The molecule has 0 unspecified atom stereocenters. The molecule has 10 heavy (non-hydrogen) atoms. The monoisotopic (exact) mass is 138 g/mol. The van der Waals surface area contributed by atoms with E-state index in [0.717, 1.165) is 18.4 Å². The molecule has 0 saturated carbocycles. The van der Waals surface area contributed by atoms with Crippen LogP contribution in [0.2, 0.25) is 0 Å². The van der Waals surface area contributed by atoms with Gasteiger partial charge in [0.25, 0.3) is 0 Å². The highest BCUT2D eigenvalue weighted by molar-refractivity contribution is 5.25. The second-order valence-electron chi connectivity index (χ2n) is 2.09. The quantitative estimate of drug-likeness (QED) is 0.625. The van der Waals surface area contributed by atoms with E-state index in [4.69, 9.17) is 4.74 Å². The van der Waals surface area contributed by atoms with Gasteiger partial charge < -0.3 is 10.1 Å². The highest BCUT2D eigenvalue weighted by atomic mass is 16.5. The average molecular weight is 138 g/mol. The minimum absolute atomic E-state index is 0.721. The van der Waals surface area contributed by atoms with E-state index >= 15 is 0 Å². The van der Waals surface area contributed by atoms with Crippen LogP contribution in [-0.4, -0.2) is 6.61 Å². The Labute approximate surface area is 61.6 Å². The molecule has 1 rings (SSSR count). The van der Waals surface area contributed by atoms with E-state index in [-0.39, 0.29) is 0 Å². The van der Waals surface area contributed by atoms with Crippen molar-refractivity contribution in [2.24, 2.45) is 0 Å². The summed E-state index contributed by atoms with van der Waals surface area (Å²) in [5, 5.41) is 3.06. The second kappa shape index (κ2) is 3.30. The summed E-state index contributed by atoms with van der Waals surface area (Å²) in [6.07, 6.45) is 5.77. The van der Waals surface area contributed by atoms with Crippen LogP contribution >= 0.6 is 0 Å². The van der Waals surface area contributed by atoms with Gasteiger partial charge in [0, 0.05) is 0 Å². The minimum atomic E-state index is 0.721. The molecule has 0 saturated heterocycles. The minimum Gasteiger partial charge on any atom is -0.496 e. The molecule has 0 spiro atoms. The normalized spacial score (nSPS) is 18.0. The van der Waals surface area contributed by atoms with Gasteiger partial charge in [-0.1, -0.05) is 0 Å². The summed E-state index contributed by atoms with van der Waals surface area (Å²) in [7, 11) is 0. The summed E-state index contributed by atoms with van der Waals surface area (Å²) in [6.45, 7) is 4.69. The number of allylic oxidation sites excluding steroid dienone is 2. The van der Waals surface area contributed by atoms with Gasteiger partial charge in [0.15, 0.2) is 0 Å². The summed E-state index contributed by atoms with van der Waals surface area (Å²) >= 11 is 0. The fourth-order valence-electron chi connectivity index (χ4n) is 0.817. The van der Waals surface area contributed by atoms with Crippen molar-refractivity contribution in [1.29, 1.82) is 0 Å². The summed E-state index contributed by atoms with van der Waals surface area (Å²) in [5.41, 5.74) is 0. The fraction of sp³-hybridized carbons (Fsp3) is 0.375. The number of hydrogen-bond donors (Lipinski definition) is 1. The van der Waals surface area contributed by atoms with Crippen LogP contribution in [-0.2, 0) is 4.74 Å². The number of nitrogens with one attached hydrogen (secondary N) is 1. The Balaban J connectivity index is 2.52. The zero-order valence-electron chi connectivity index (χ0n) is 6.35. The zero-order chi connectivity index (χ0) is 7.40. The largest absolute Gasteiger partial charge is 0.496 e. The SMILES string of the molecule is CCOC1=CC=CN[C]1C. The summed E-state index contributed by atoms with van der Waals surface area (Å²) in [5.74, 6) is 0.935. The van der Waals surface area contributed by atoms with Gasteiger partial charge in [-0.2, -0.15) is 0 Å². The van der Waals surface area contributed by atoms with Crippen molar-refractivity contribution in [1.82, 2.24) is 5.32 Å². The number of hydrogen-bond acceptors (Lipinski definition) is 2. The molecule has 0 aromatic heterocycles. The van der Waals surface area contributed by atoms with Crippen LogP contribution in [0.1, 0.15) is 13.8 Å². The maximum Gasteiger partial charge on any atom is 0.124 e. The summed E-state index contributed by atoms with van der Waals surface area (Å²) < 4.78 is 5.31. The average Bonchev–Trinajstić information content (AvgIpc) is 1.94. The van der Waals surface area contributed by atoms with E-state index in [9.17, 15) is 0 Å². The van der Waals surface area contributed by atoms with Gasteiger partial charge >= 0.3 is 0 Å². The standard InChI is InChI=1S/C8H12NO/c1-3-10-8-5-4-6-9-7(8)2/h4-6,9H,3H2,1-2H3. The van der Waals surface area contributed by atoms with Crippen LogP contribution in [0.4, 0.5) is 0 Å². The maximum absolute atomic E-state index is 5.31. The number of ether oxygens (including phenoxy) is 1. The lowest BCUT2D eigenvalue weighted by Gasteiger charge is -2.17. The first-order valence-electron chi connectivity index (χ1n) is 3.44. The van der Waals surface area contributed by atoms with Crippen LogP contribution in [0.3, 0.4) is 0 Å². The van der Waals surface area contributed by atoms with Gasteiger partial charge in [0.05, 0.1) is 6.61 Å². The number of rotatable bonds is 2. The van der Waals surface area contributed by atoms with Gasteiger partial charge in [-0.3, -0.25) is 0 Å². The Morgan fingerprint density at radius 1 is 1.60 bits per heavy atom. The smallest absolute Gasteiger partial charge is 0.124 e. The van der Waals surface area contributed by atoms with E-state index < -0.39 is 0 Å². The van der Waals surface area contributed by atoms with Gasteiger partial charge in [0.1, 0.15) is 11.8 Å². The maximum atomic E-state index is 5.31. The van der Waals surface area contributed by atoms with Crippen LogP contribution < -0.4 is 5.32 Å². The van der Waals surface area contributed by atoms with Gasteiger partial charge in [-0.15, -0.1) is 0 Å². The molecule has 0 atom stereocenters. The van der Waals surface area contributed by atoms with Crippen molar-refractivity contribution in [2.75, 3.05) is 6.61 Å². The van der Waals surface area contributed by atoms with Crippen molar-refractivity contribution in [2.45, 2.75) is 13.8 Å². The van der Waals surface area contributed by atoms with Gasteiger partial charge in [0.2, 0.25) is 0 Å². The van der Waals surface area contributed by atoms with Crippen LogP contribution in [0.15, 0.2) is 24.1 Å². The first kappa shape index (κ1) is 7.19. The molecule has 1 N–H and O–H groups in total. The first-order chi connectivity index (χ1) is 4.84. The lowest BCUT2D eigenvalue weighted by atomic mass is 10.2. The Hall–Kier alpha value is -0.920. The molecule has 0 aromatic carbocycles. The van der Waals surface area contributed by atoms with E-state index in [2.05, 4.69) is 5.32 Å². The Morgan fingerprint density at radius 2 is 2.40 bits per heavy atom. The van der Waals surface area contributed by atoms with Gasteiger partial charge in [-0.25, -0.2) is 0 Å². The lowest BCUT2D eigenvalue weighted by molar-refractivity contribution is 0.223. The van der Waals surface area contributed by atoms with Crippen molar-refractivity contribution in [3.8, 4) is 0 Å². The third-order valence-corrected chi connectivity index (χ3v) is 1.31. The van der Waals surface area contributed by atoms with Crippen molar-refractivity contribution in [3.63, 3.8) is 0 Å². The molecular formula is C8H12NO. The molecule has 2 nitrogen and oxygen atoms in total. The second-order valence-corrected chi connectivity index (χ2v) is 2.09. The molecule has 1 heterocycles. The Bertz CT molecular complexity index is 161. The molecule has 0 bridgehead atoms. The fourth-order valence-corrected chi connectivity index (χ4v) is 0.817. The molecule has 55 valence electrons. The van der Waals surface area contributed by atoms with E-state index in [1.165, 1.54) is 0 Å². The van der Waals surface area contributed by atoms with Crippen molar-refractivity contribution < 1.29 is 4.74 Å². The highest BCUT2D eigenvalue weighted by Crippen LogP contribution is 2.13. The van der Waals surface area contributed by atoms with Crippen molar-refractivity contribution in [3.05, 3.63) is 30.2 Å². The van der Waals surface area contributed by atoms with Crippen LogP contribution in [0.25, 0.3) is 0 Å². The Kier molecular flexibility index (Phi) is 2.37. The molecule has 0 aromatic rings. The molecule has 1 aliphatic heterocycles. The third-order valence-electron chi connectivity index (χ3n) is 1.31. The zero-order valence-corrected chi connectivity index (χ0v) is 6.35. The van der Waals surface area contributed by atoms with Crippen LogP contribution in [0, 0.1) is 6.04 Å². The topological polar surface area (TPSA) is 21.3 Å². The van der Waals surface area contributed by atoms with E-state index in [1.54, 1.807) is 0 Å². The van der Waals surface area contributed by atoms with Crippen LogP contribution in [0.5, 0.6) is 0 Å².